The van der Waals surface area contributed by atoms with Crippen LogP contribution in [-0.2, 0) is 24.3 Å². The Balaban J connectivity index is 1.73. The van der Waals surface area contributed by atoms with E-state index in [1.54, 1.807) is 24.4 Å². The molecule has 0 bridgehead atoms. The fraction of sp³-hybridized carbons (Fsp3) is 0.360. The third-order valence-electron chi connectivity index (χ3n) is 6.18. The van der Waals surface area contributed by atoms with Crippen LogP contribution in [0.15, 0.2) is 76.0 Å². The summed E-state index contributed by atoms with van der Waals surface area (Å²) in [5.74, 6) is 3.92. The summed E-state index contributed by atoms with van der Waals surface area (Å²) in [6.45, 7) is 1.83. The number of hydrazine groups is 1. The minimum atomic E-state index is -4.05. The molecule has 6 N–H and O–H groups in total. The van der Waals surface area contributed by atoms with Gasteiger partial charge in [0.25, 0.3) is 0 Å². The maximum atomic E-state index is 12.7. The third-order valence-corrected chi connectivity index (χ3v) is 7.67. The summed E-state index contributed by atoms with van der Waals surface area (Å²) < 4.78 is 32.5. The Kier molecular flexibility index (Phi) is 9.08. The molecule has 1 aromatic rings. The number of allylic oxidation sites excluding steroid dienone is 2. The van der Waals surface area contributed by atoms with Gasteiger partial charge in [0.2, 0.25) is 10.0 Å². The fourth-order valence-electron chi connectivity index (χ4n) is 4.18. The summed E-state index contributed by atoms with van der Waals surface area (Å²) in [6, 6.07) is 4.60. The molecule has 0 aliphatic heterocycles. The van der Waals surface area contributed by atoms with Crippen LogP contribution in [0.3, 0.4) is 0 Å². The average Bonchev–Trinajstić information content (AvgIpc) is 3.08. The first-order valence-corrected chi connectivity index (χ1v) is 13.0. The number of rotatable bonds is 10. The lowest BCUT2D eigenvalue weighted by atomic mass is 9.86. The van der Waals surface area contributed by atoms with Crippen molar-refractivity contribution in [1.29, 1.82) is 0 Å². The van der Waals surface area contributed by atoms with E-state index in [0.717, 1.165) is 30.4 Å². The summed E-state index contributed by atoms with van der Waals surface area (Å²) in [7, 11) is -2.71. The monoisotopic (exact) mass is 516 g/mol. The molecule has 11 heteroatoms. The summed E-state index contributed by atoms with van der Waals surface area (Å²) in [6.07, 6.45) is 10.2. The average molecular weight is 517 g/mol. The number of carboxylic acids is 1. The Morgan fingerprint density at radius 2 is 1.97 bits per heavy atom. The number of ether oxygens (including phenoxy) is 1. The Labute approximate surface area is 211 Å². The second-order valence-corrected chi connectivity index (χ2v) is 10.4. The minimum Gasteiger partial charge on any atom is -0.480 e. The molecular formula is C25H32N4O6S. The SMILES string of the molecule is COC(=O)C1=CCC2=C(C=C1)C(N/C=C(/CC(NS(=O)(=O)c1ccc(C)cc1)C(=O)O)NN)CCC2. The lowest BCUT2D eigenvalue weighted by Gasteiger charge is -2.27. The number of sulfonamides is 1. The van der Waals surface area contributed by atoms with E-state index < -0.39 is 28.0 Å². The van der Waals surface area contributed by atoms with Crippen LogP contribution in [0.4, 0.5) is 0 Å². The van der Waals surface area contributed by atoms with Crippen LogP contribution in [0.5, 0.6) is 0 Å². The predicted octanol–water partition coefficient (Wildman–Crippen LogP) is 1.92. The van der Waals surface area contributed by atoms with Gasteiger partial charge in [0, 0.05) is 18.3 Å². The molecule has 2 atom stereocenters. The molecule has 0 spiro atoms. The molecule has 0 radical (unpaired) electrons. The van der Waals surface area contributed by atoms with Crippen LogP contribution < -0.4 is 21.3 Å². The zero-order valence-corrected chi connectivity index (χ0v) is 21.1. The normalized spacial score (nSPS) is 19.0. The van der Waals surface area contributed by atoms with Gasteiger partial charge in [-0.3, -0.25) is 10.6 Å². The molecule has 36 heavy (non-hydrogen) atoms. The smallest absolute Gasteiger partial charge is 0.337 e. The van der Waals surface area contributed by atoms with Gasteiger partial charge in [-0.2, -0.15) is 4.72 Å². The van der Waals surface area contributed by atoms with Crippen molar-refractivity contribution in [2.75, 3.05) is 7.11 Å². The van der Waals surface area contributed by atoms with Gasteiger partial charge < -0.3 is 20.6 Å². The fourth-order valence-corrected chi connectivity index (χ4v) is 5.36. The van der Waals surface area contributed by atoms with Crippen molar-refractivity contribution in [2.24, 2.45) is 5.84 Å². The molecule has 0 heterocycles. The molecule has 3 rings (SSSR count). The maximum absolute atomic E-state index is 12.7. The number of esters is 1. The van der Waals surface area contributed by atoms with Gasteiger partial charge in [-0.1, -0.05) is 35.4 Å². The van der Waals surface area contributed by atoms with Crippen molar-refractivity contribution in [3.63, 3.8) is 0 Å². The van der Waals surface area contributed by atoms with Crippen LogP contribution >= 0.6 is 0 Å². The van der Waals surface area contributed by atoms with Crippen LogP contribution in [0, 0.1) is 6.92 Å². The molecule has 2 aliphatic carbocycles. The molecule has 0 aromatic heterocycles. The van der Waals surface area contributed by atoms with Crippen molar-refractivity contribution >= 4 is 22.0 Å². The van der Waals surface area contributed by atoms with Crippen molar-refractivity contribution in [3.8, 4) is 0 Å². The number of nitrogens with two attached hydrogens (primary N) is 1. The largest absolute Gasteiger partial charge is 0.480 e. The number of nitrogens with one attached hydrogen (secondary N) is 3. The number of aliphatic carboxylic acids is 1. The predicted molar refractivity (Wildman–Crippen MR) is 135 cm³/mol. The zero-order valence-electron chi connectivity index (χ0n) is 20.3. The maximum Gasteiger partial charge on any atom is 0.337 e. The van der Waals surface area contributed by atoms with Gasteiger partial charge in [-0.25, -0.2) is 13.2 Å². The molecule has 1 aromatic carbocycles. The quantitative estimate of drug-likeness (QED) is 0.178. The summed E-state index contributed by atoms with van der Waals surface area (Å²) in [5, 5.41) is 12.9. The Bertz CT molecular complexity index is 1220. The number of benzene rings is 1. The first kappa shape index (κ1) is 27.2. The summed E-state index contributed by atoms with van der Waals surface area (Å²) >= 11 is 0. The van der Waals surface area contributed by atoms with Gasteiger partial charge >= 0.3 is 11.9 Å². The number of carbonyl (C=O) groups excluding carboxylic acids is 1. The Hall–Kier alpha value is -3.41. The zero-order chi connectivity index (χ0) is 26.3. The van der Waals surface area contributed by atoms with Gasteiger partial charge in [0.1, 0.15) is 6.04 Å². The molecule has 0 saturated carbocycles. The number of hydrogen-bond acceptors (Lipinski definition) is 8. The third kappa shape index (κ3) is 6.84. The van der Waals surface area contributed by atoms with E-state index >= 15 is 0 Å². The number of carbonyl (C=O) groups is 2. The van der Waals surface area contributed by atoms with Crippen LogP contribution in [-0.4, -0.2) is 44.7 Å². The second-order valence-electron chi connectivity index (χ2n) is 8.70. The molecular weight excluding hydrogens is 484 g/mol. The standard InChI is InChI=1S/C25H32N4O6S/c1-16-6-11-20(12-7-16)36(33,34)29-23(24(30)31)14-19(28-26)15-27-22-5-3-4-17-8-9-18(25(32)35-2)10-13-21(17)22/h6-7,9-13,15,22-23,27-29H,3-5,8,14,26H2,1-2H3,(H,30,31)/b19-15-. The number of methoxy groups -OCH3 is 1. The highest BCUT2D eigenvalue weighted by Crippen LogP contribution is 2.31. The van der Waals surface area contributed by atoms with Crippen molar-refractivity contribution < 1.29 is 27.9 Å². The molecule has 2 aliphatic rings. The first-order valence-electron chi connectivity index (χ1n) is 11.6. The van der Waals surface area contributed by atoms with Crippen molar-refractivity contribution in [3.05, 3.63) is 76.7 Å². The molecule has 0 amide bonds. The van der Waals surface area contributed by atoms with E-state index in [9.17, 15) is 23.1 Å². The van der Waals surface area contributed by atoms with Crippen molar-refractivity contribution in [2.45, 2.75) is 56.0 Å². The van der Waals surface area contributed by atoms with E-state index in [2.05, 4.69) is 15.5 Å². The summed E-state index contributed by atoms with van der Waals surface area (Å²) in [4.78, 5) is 23.7. The van der Waals surface area contributed by atoms with E-state index in [4.69, 9.17) is 10.6 Å². The Morgan fingerprint density at radius 3 is 2.61 bits per heavy atom. The van der Waals surface area contributed by atoms with E-state index in [1.165, 1.54) is 24.8 Å². The molecule has 10 nitrogen and oxygen atoms in total. The van der Waals surface area contributed by atoms with Gasteiger partial charge in [0.15, 0.2) is 0 Å². The highest BCUT2D eigenvalue weighted by Gasteiger charge is 2.27. The molecule has 0 saturated heterocycles. The lowest BCUT2D eigenvalue weighted by molar-refractivity contribution is -0.139. The van der Waals surface area contributed by atoms with Gasteiger partial charge in [0.05, 0.1) is 23.6 Å². The van der Waals surface area contributed by atoms with Crippen molar-refractivity contribution in [1.82, 2.24) is 15.5 Å². The number of aryl methyl sites for hydroxylation is 1. The minimum absolute atomic E-state index is 0.0227. The molecule has 0 fully saturated rings. The van der Waals surface area contributed by atoms with Gasteiger partial charge in [-0.05, 0) is 56.4 Å². The molecule has 2 unspecified atom stereocenters. The first-order chi connectivity index (χ1) is 17.1. The highest BCUT2D eigenvalue weighted by atomic mass is 32.2. The van der Waals surface area contributed by atoms with E-state index in [-0.39, 0.29) is 17.4 Å². The number of hydrogen-bond donors (Lipinski definition) is 5. The number of carboxylic acid groups (broad SMARTS) is 1. The second kappa shape index (κ2) is 12.0. The van der Waals surface area contributed by atoms with Crippen LogP contribution in [0.1, 0.15) is 37.7 Å². The highest BCUT2D eigenvalue weighted by molar-refractivity contribution is 7.89. The summed E-state index contributed by atoms with van der Waals surface area (Å²) in [5.41, 5.74) is 6.42. The van der Waals surface area contributed by atoms with Crippen LogP contribution in [0.2, 0.25) is 0 Å². The van der Waals surface area contributed by atoms with E-state index in [0.29, 0.717) is 17.7 Å². The lowest BCUT2D eigenvalue weighted by Crippen LogP contribution is -2.43. The Morgan fingerprint density at radius 1 is 1.25 bits per heavy atom. The van der Waals surface area contributed by atoms with Crippen LogP contribution in [0.25, 0.3) is 0 Å². The van der Waals surface area contributed by atoms with E-state index in [1.807, 2.05) is 19.1 Å². The van der Waals surface area contributed by atoms with Gasteiger partial charge in [-0.15, -0.1) is 0 Å². The topological polar surface area (TPSA) is 160 Å². The molecule has 194 valence electrons.